The standard InChI is InChI=1S/C33H41NO4/c1-22(2)27-9-3-4-10-28(27)29-19-24(32(36)37)13-15-31(29)38-26-14-12-23(18-26)8-7-11-30(35)25-20-33(34-21-25)16-5-6-17-33/h3-4,7-10,13,15,19,22-23,25-26,34H,5-6,11-12,14,16-18,20-21H2,1-2H3,(H,36,37)/b8-7+/t23-,25-,26-/m1/s1. The fraction of sp³-hybridized carbons (Fsp3) is 0.515. The largest absolute Gasteiger partial charge is 0.490 e. The number of allylic oxidation sites excluding steroid dienone is 2. The van der Waals surface area contributed by atoms with Gasteiger partial charge in [-0.3, -0.25) is 4.79 Å². The van der Waals surface area contributed by atoms with Crippen molar-refractivity contribution in [2.75, 3.05) is 6.54 Å². The van der Waals surface area contributed by atoms with Gasteiger partial charge in [0.25, 0.3) is 0 Å². The normalized spacial score (nSPS) is 24.6. The number of ketones is 1. The molecule has 2 N–H and O–H groups in total. The van der Waals surface area contributed by atoms with E-state index in [1.165, 1.54) is 31.2 Å². The Morgan fingerprint density at radius 2 is 1.89 bits per heavy atom. The first-order valence-corrected chi connectivity index (χ1v) is 14.4. The van der Waals surface area contributed by atoms with Gasteiger partial charge in [0.05, 0.1) is 11.7 Å². The third-order valence-electron chi connectivity index (χ3n) is 8.92. The summed E-state index contributed by atoms with van der Waals surface area (Å²) in [6, 6.07) is 13.3. The number of nitrogens with one attached hydrogen (secondary N) is 1. The van der Waals surface area contributed by atoms with Crippen molar-refractivity contribution in [2.45, 2.75) is 89.2 Å². The summed E-state index contributed by atoms with van der Waals surface area (Å²) in [5.74, 6) is 1.05. The predicted octanol–water partition coefficient (Wildman–Crippen LogP) is 7.16. The molecule has 0 bridgehead atoms. The van der Waals surface area contributed by atoms with Crippen LogP contribution in [-0.2, 0) is 4.79 Å². The molecular weight excluding hydrogens is 474 g/mol. The van der Waals surface area contributed by atoms with E-state index < -0.39 is 5.97 Å². The molecule has 2 aromatic rings. The van der Waals surface area contributed by atoms with Crippen molar-refractivity contribution < 1.29 is 19.4 Å². The van der Waals surface area contributed by atoms with E-state index in [2.05, 4.69) is 43.4 Å². The zero-order valence-electron chi connectivity index (χ0n) is 22.7. The lowest BCUT2D eigenvalue weighted by Gasteiger charge is -2.22. The molecule has 202 valence electrons. The van der Waals surface area contributed by atoms with Crippen molar-refractivity contribution in [2.24, 2.45) is 11.8 Å². The monoisotopic (exact) mass is 515 g/mol. The second-order valence-electron chi connectivity index (χ2n) is 11.9. The lowest BCUT2D eigenvalue weighted by molar-refractivity contribution is -0.121. The average molecular weight is 516 g/mol. The fourth-order valence-electron chi connectivity index (χ4n) is 6.82. The van der Waals surface area contributed by atoms with Gasteiger partial charge in [-0.05, 0) is 79.7 Å². The molecule has 5 heteroatoms. The number of carboxylic acids is 1. The zero-order chi connectivity index (χ0) is 26.7. The van der Waals surface area contributed by atoms with Gasteiger partial charge < -0.3 is 15.2 Å². The molecule has 0 aromatic heterocycles. The van der Waals surface area contributed by atoms with E-state index in [0.717, 1.165) is 49.1 Å². The predicted molar refractivity (Wildman–Crippen MR) is 151 cm³/mol. The molecule has 0 amide bonds. The maximum Gasteiger partial charge on any atom is 0.335 e. The number of benzene rings is 2. The van der Waals surface area contributed by atoms with Crippen LogP contribution >= 0.6 is 0 Å². The number of carbonyl (C=O) groups excluding carboxylic acids is 1. The molecule has 3 aliphatic rings. The Morgan fingerprint density at radius 3 is 2.66 bits per heavy atom. The van der Waals surface area contributed by atoms with Crippen LogP contribution < -0.4 is 10.1 Å². The second kappa shape index (κ2) is 11.4. The van der Waals surface area contributed by atoms with E-state index in [9.17, 15) is 14.7 Å². The van der Waals surface area contributed by atoms with Gasteiger partial charge in [0.15, 0.2) is 0 Å². The molecule has 2 aliphatic carbocycles. The number of Topliss-reactive ketones (excluding diaryl/α,β-unsaturated/α-hetero) is 1. The quantitative estimate of drug-likeness (QED) is 0.347. The zero-order valence-corrected chi connectivity index (χ0v) is 22.7. The number of rotatable bonds is 9. The highest BCUT2D eigenvalue weighted by molar-refractivity contribution is 5.91. The van der Waals surface area contributed by atoms with Crippen LogP contribution in [0, 0.1) is 11.8 Å². The maximum absolute atomic E-state index is 12.8. The molecule has 38 heavy (non-hydrogen) atoms. The minimum Gasteiger partial charge on any atom is -0.490 e. The molecule has 2 aromatic carbocycles. The molecule has 1 spiro atoms. The Balaban J connectivity index is 1.21. The van der Waals surface area contributed by atoms with Crippen LogP contribution in [-0.4, -0.2) is 35.0 Å². The molecule has 2 saturated carbocycles. The summed E-state index contributed by atoms with van der Waals surface area (Å²) in [5, 5.41) is 13.3. The first-order chi connectivity index (χ1) is 18.3. The summed E-state index contributed by atoms with van der Waals surface area (Å²) in [6.07, 6.45) is 13.8. The van der Waals surface area contributed by atoms with Crippen molar-refractivity contribution in [3.05, 3.63) is 65.7 Å². The Bertz CT molecular complexity index is 1190. The Labute approximate surface area is 226 Å². The van der Waals surface area contributed by atoms with Gasteiger partial charge in [0.2, 0.25) is 0 Å². The number of ether oxygens (including phenoxy) is 1. The summed E-state index contributed by atoms with van der Waals surface area (Å²) in [6.45, 7) is 5.14. The first-order valence-electron chi connectivity index (χ1n) is 14.4. The van der Waals surface area contributed by atoms with Gasteiger partial charge in [-0.2, -0.15) is 0 Å². The van der Waals surface area contributed by atoms with Crippen LogP contribution in [0.2, 0.25) is 0 Å². The SMILES string of the molecule is CC(C)c1ccccc1-c1cc(C(=O)O)ccc1O[C@@H]1CC[C@@H](/C=C/CC(=O)[C@H]2CNC3(CCCC3)C2)C1. The summed E-state index contributed by atoms with van der Waals surface area (Å²) >= 11 is 0. The van der Waals surface area contributed by atoms with Crippen LogP contribution in [0.3, 0.4) is 0 Å². The van der Waals surface area contributed by atoms with Crippen molar-refractivity contribution in [3.8, 4) is 16.9 Å². The highest BCUT2D eigenvalue weighted by Gasteiger charge is 2.42. The van der Waals surface area contributed by atoms with Gasteiger partial charge >= 0.3 is 5.97 Å². The average Bonchev–Trinajstić information content (AvgIpc) is 3.67. The number of hydrogen-bond donors (Lipinski definition) is 2. The van der Waals surface area contributed by atoms with Crippen LogP contribution in [0.25, 0.3) is 11.1 Å². The smallest absolute Gasteiger partial charge is 0.335 e. The summed E-state index contributed by atoms with van der Waals surface area (Å²) < 4.78 is 6.52. The van der Waals surface area contributed by atoms with Crippen molar-refractivity contribution in [1.29, 1.82) is 0 Å². The minimum atomic E-state index is -0.938. The number of hydrogen-bond acceptors (Lipinski definition) is 4. The van der Waals surface area contributed by atoms with E-state index >= 15 is 0 Å². The molecule has 0 radical (unpaired) electrons. The summed E-state index contributed by atoms with van der Waals surface area (Å²) in [5.41, 5.74) is 3.54. The summed E-state index contributed by atoms with van der Waals surface area (Å²) in [7, 11) is 0. The van der Waals surface area contributed by atoms with Gasteiger partial charge in [-0.1, -0.05) is 63.1 Å². The van der Waals surface area contributed by atoms with Crippen LogP contribution in [0.5, 0.6) is 5.75 Å². The Morgan fingerprint density at radius 1 is 1.11 bits per heavy atom. The van der Waals surface area contributed by atoms with Crippen molar-refractivity contribution >= 4 is 11.8 Å². The van der Waals surface area contributed by atoms with Crippen LogP contribution in [0.15, 0.2) is 54.6 Å². The lowest BCUT2D eigenvalue weighted by Crippen LogP contribution is -2.35. The number of carboxylic acid groups (broad SMARTS) is 1. The third-order valence-corrected chi connectivity index (χ3v) is 8.92. The number of aromatic carboxylic acids is 1. The Kier molecular flexibility index (Phi) is 8.04. The number of carbonyl (C=O) groups is 2. The van der Waals surface area contributed by atoms with Crippen LogP contribution in [0.1, 0.15) is 93.5 Å². The van der Waals surface area contributed by atoms with Crippen molar-refractivity contribution in [3.63, 3.8) is 0 Å². The summed E-state index contributed by atoms with van der Waals surface area (Å²) in [4.78, 5) is 24.6. The van der Waals surface area contributed by atoms with Gasteiger partial charge in [0, 0.05) is 30.0 Å². The fourth-order valence-corrected chi connectivity index (χ4v) is 6.82. The van der Waals surface area contributed by atoms with E-state index in [1.807, 2.05) is 18.2 Å². The molecule has 1 aliphatic heterocycles. The van der Waals surface area contributed by atoms with Gasteiger partial charge in [-0.15, -0.1) is 0 Å². The third kappa shape index (κ3) is 5.88. The molecular formula is C33H41NO4. The second-order valence-corrected chi connectivity index (χ2v) is 11.9. The van der Waals surface area contributed by atoms with E-state index in [1.54, 1.807) is 12.1 Å². The van der Waals surface area contributed by atoms with E-state index in [0.29, 0.717) is 24.0 Å². The molecule has 1 saturated heterocycles. The lowest BCUT2D eigenvalue weighted by atomic mass is 9.88. The molecule has 3 atom stereocenters. The molecule has 0 unspecified atom stereocenters. The van der Waals surface area contributed by atoms with E-state index in [4.69, 9.17) is 4.74 Å². The highest BCUT2D eigenvalue weighted by atomic mass is 16.5. The Hall–Kier alpha value is -2.92. The molecule has 5 rings (SSSR count). The van der Waals surface area contributed by atoms with Gasteiger partial charge in [0.1, 0.15) is 11.5 Å². The van der Waals surface area contributed by atoms with Gasteiger partial charge in [-0.25, -0.2) is 4.79 Å². The van der Waals surface area contributed by atoms with Crippen molar-refractivity contribution in [1.82, 2.24) is 5.32 Å². The molecule has 3 fully saturated rings. The topological polar surface area (TPSA) is 75.6 Å². The van der Waals surface area contributed by atoms with E-state index in [-0.39, 0.29) is 23.1 Å². The molecule has 1 heterocycles. The van der Waals surface area contributed by atoms with Crippen LogP contribution in [0.4, 0.5) is 0 Å². The molecule has 5 nitrogen and oxygen atoms in total. The minimum absolute atomic E-state index is 0.0715. The highest BCUT2D eigenvalue weighted by Crippen LogP contribution is 2.40. The maximum atomic E-state index is 12.8. The first kappa shape index (κ1) is 26.7.